The minimum Gasteiger partial charge on any atom is -0.352 e. The number of benzene rings is 3. The zero-order chi connectivity index (χ0) is 24.5. The first kappa shape index (κ1) is 21.2. The Bertz CT molecular complexity index is 1450. The maximum atomic E-state index is 14.2. The lowest BCUT2D eigenvalue weighted by molar-refractivity contribution is -0.384. The lowest BCUT2D eigenvalue weighted by Gasteiger charge is -2.37. The zero-order valence-electron chi connectivity index (χ0n) is 18.8. The standard InChI is InChI=1S/C28H20N2O5/c1-16(31)25-24(18-8-6-9-19(15-18)30(34)35)28(26(32)20-10-3-4-11-21(20)27(28)33)23-14-13-17-7-2-5-12-22(17)29(23)25/h2-15,23-25H,1H3/t23-,24-,25-/m1/s1. The van der Waals surface area contributed by atoms with Crippen LogP contribution in [0.5, 0.6) is 0 Å². The molecule has 172 valence electrons. The maximum Gasteiger partial charge on any atom is 0.269 e. The number of fused-ring (bicyclic) bond motifs is 5. The van der Waals surface area contributed by atoms with Crippen molar-refractivity contribution in [3.8, 4) is 0 Å². The molecule has 7 nitrogen and oxygen atoms in total. The molecule has 2 heterocycles. The average molecular weight is 464 g/mol. The minimum absolute atomic E-state index is 0.156. The number of para-hydroxylation sites is 1. The number of carbonyl (C=O) groups is 3. The van der Waals surface area contributed by atoms with Gasteiger partial charge < -0.3 is 4.90 Å². The fourth-order valence-electron chi connectivity index (χ4n) is 6.28. The molecule has 0 unspecified atom stereocenters. The van der Waals surface area contributed by atoms with Crippen molar-refractivity contribution in [2.45, 2.75) is 24.9 Å². The monoisotopic (exact) mass is 464 g/mol. The number of nitro benzene ring substituents is 1. The smallest absolute Gasteiger partial charge is 0.269 e. The summed E-state index contributed by atoms with van der Waals surface area (Å²) >= 11 is 0. The van der Waals surface area contributed by atoms with E-state index in [9.17, 15) is 24.5 Å². The van der Waals surface area contributed by atoms with Crippen LogP contribution in [-0.2, 0) is 4.79 Å². The number of nitrogens with zero attached hydrogens (tertiary/aromatic N) is 2. The van der Waals surface area contributed by atoms with Crippen LogP contribution in [0.2, 0.25) is 0 Å². The summed E-state index contributed by atoms with van der Waals surface area (Å²) in [6.07, 6.45) is 3.71. The lowest BCUT2D eigenvalue weighted by Crippen LogP contribution is -2.48. The first-order valence-corrected chi connectivity index (χ1v) is 11.4. The lowest BCUT2D eigenvalue weighted by atomic mass is 9.64. The number of non-ortho nitro benzene ring substituents is 1. The summed E-state index contributed by atoms with van der Waals surface area (Å²) < 4.78 is 0. The van der Waals surface area contributed by atoms with Crippen LogP contribution in [-0.4, -0.2) is 34.4 Å². The molecular formula is C28H20N2O5. The summed E-state index contributed by atoms with van der Waals surface area (Å²) in [4.78, 5) is 54.8. The van der Waals surface area contributed by atoms with Gasteiger partial charge in [-0.2, -0.15) is 0 Å². The van der Waals surface area contributed by atoms with E-state index >= 15 is 0 Å². The molecular weight excluding hydrogens is 444 g/mol. The Balaban J connectivity index is 1.69. The van der Waals surface area contributed by atoms with Gasteiger partial charge in [0.1, 0.15) is 5.41 Å². The van der Waals surface area contributed by atoms with E-state index in [0.717, 1.165) is 11.3 Å². The number of hydrogen-bond acceptors (Lipinski definition) is 6. The Morgan fingerprint density at radius 3 is 2.26 bits per heavy atom. The number of Topliss-reactive ketones (excluding diaryl/α,β-unsaturated/α-hetero) is 3. The molecule has 0 aromatic heterocycles. The first-order valence-electron chi connectivity index (χ1n) is 11.4. The van der Waals surface area contributed by atoms with Gasteiger partial charge in [0.25, 0.3) is 5.69 Å². The van der Waals surface area contributed by atoms with Crippen molar-refractivity contribution in [3.63, 3.8) is 0 Å². The van der Waals surface area contributed by atoms with Gasteiger partial charge in [-0.15, -0.1) is 0 Å². The van der Waals surface area contributed by atoms with Crippen LogP contribution in [0.1, 0.15) is 44.7 Å². The fourth-order valence-corrected chi connectivity index (χ4v) is 6.28. The molecule has 0 bridgehead atoms. The zero-order valence-corrected chi connectivity index (χ0v) is 18.8. The first-order chi connectivity index (χ1) is 16.9. The molecule has 3 atom stereocenters. The second-order valence-corrected chi connectivity index (χ2v) is 9.23. The quantitative estimate of drug-likeness (QED) is 0.319. The third-order valence-corrected chi connectivity index (χ3v) is 7.57. The van der Waals surface area contributed by atoms with Crippen molar-refractivity contribution >= 4 is 34.8 Å². The van der Waals surface area contributed by atoms with Crippen molar-refractivity contribution in [1.29, 1.82) is 0 Å². The number of ketones is 3. The van der Waals surface area contributed by atoms with Crippen molar-refractivity contribution in [2.24, 2.45) is 5.41 Å². The predicted octanol–water partition coefficient (Wildman–Crippen LogP) is 4.62. The number of nitro groups is 1. The highest BCUT2D eigenvalue weighted by molar-refractivity contribution is 6.32. The summed E-state index contributed by atoms with van der Waals surface area (Å²) in [5.74, 6) is -1.83. The van der Waals surface area contributed by atoms with Crippen molar-refractivity contribution in [1.82, 2.24) is 0 Å². The highest BCUT2D eigenvalue weighted by atomic mass is 16.6. The molecule has 1 fully saturated rings. The van der Waals surface area contributed by atoms with E-state index in [1.54, 1.807) is 30.3 Å². The summed E-state index contributed by atoms with van der Waals surface area (Å²) in [5.41, 5.74) is 0.919. The van der Waals surface area contributed by atoms with E-state index in [2.05, 4.69) is 0 Å². The van der Waals surface area contributed by atoms with Crippen molar-refractivity contribution in [2.75, 3.05) is 4.90 Å². The summed E-state index contributed by atoms with van der Waals surface area (Å²) in [7, 11) is 0. The molecule has 3 aliphatic rings. The van der Waals surface area contributed by atoms with Crippen LogP contribution in [0.25, 0.3) is 6.08 Å². The maximum absolute atomic E-state index is 14.2. The normalized spacial score (nSPS) is 23.2. The molecule has 2 aliphatic heterocycles. The third kappa shape index (κ3) is 2.63. The molecule has 0 radical (unpaired) electrons. The van der Waals surface area contributed by atoms with Gasteiger partial charge in [-0.25, -0.2) is 0 Å². The molecule has 3 aromatic carbocycles. The minimum atomic E-state index is -1.63. The highest BCUT2D eigenvalue weighted by Crippen LogP contribution is 2.60. The Morgan fingerprint density at radius 2 is 1.60 bits per heavy atom. The van der Waals surface area contributed by atoms with Crippen LogP contribution >= 0.6 is 0 Å². The van der Waals surface area contributed by atoms with Crippen LogP contribution in [0.3, 0.4) is 0 Å². The second-order valence-electron chi connectivity index (χ2n) is 9.23. The molecule has 0 amide bonds. The van der Waals surface area contributed by atoms with Crippen molar-refractivity contribution in [3.05, 3.63) is 111 Å². The van der Waals surface area contributed by atoms with Crippen LogP contribution in [0.4, 0.5) is 11.4 Å². The molecule has 1 saturated heterocycles. The van der Waals surface area contributed by atoms with Crippen LogP contribution in [0.15, 0.2) is 78.9 Å². The van der Waals surface area contributed by atoms with E-state index in [0.29, 0.717) is 16.7 Å². The van der Waals surface area contributed by atoms with E-state index < -0.39 is 28.3 Å². The number of carbonyl (C=O) groups excluding carboxylic acids is 3. The third-order valence-electron chi connectivity index (χ3n) is 7.57. The summed E-state index contributed by atoms with van der Waals surface area (Å²) in [6.45, 7) is 1.45. The number of hydrogen-bond donors (Lipinski definition) is 0. The van der Waals surface area contributed by atoms with Crippen LogP contribution in [0, 0.1) is 15.5 Å². The Morgan fingerprint density at radius 1 is 0.943 bits per heavy atom. The van der Waals surface area contributed by atoms with Crippen molar-refractivity contribution < 1.29 is 19.3 Å². The Labute approximate surface area is 200 Å². The van der Waals surface area contributed by atoms with Gasteiger partial charge in [0.2, 0.25) is 0 Å². The van der Waals surface area contributed by atoms with Gasteiger partial charge in [0.15, 0.2) is 17.3 Å². The number of anilines is 1. The summed E-state index contributed by atoms with van der Waals surface area (Å²) in [6, 6.07) is 18.6. The fraction of sp³-hybridized carbons (Fsp3) is 0.179. The van der Waals surface area contributed by atoms with Gasteiger partial charge in [-0.3, -0.25) is 24.5 Å². The molecule has 6 rings (SSSR count). The Kier molecular flexibility index (Phi) is 4.42. The SMILES string of the molecule is CC(=O)[C@@H]1[C@@H](c2cccc([N+](=O)[O-])c2)C2(C(=O)c3ccccc3C2=O)[C@H]2C=Cc3ccccc3N12. The van der Waals surface area contributed by atoms with Crippen LogP contribution < -0.4 is 4.90 Å². The molecule has 3 aromatic rings. The molecule has 0 N–H and O–H groups in total. The van der Waals surface area contributed by atoms with Gasteiger partial charge >= 0.3 is 0 Å². The molecule has 35 heavy (non-hydrogen) atoms. The largest absolute Gasteiger partial charge is 0.352 e. The predicted molar refractivity (Wildman–Crippen MR) is 130 cm³/mol. The molecule has 1 spiro atoms. The summed E-state index contributed by atoms with van der Waals surface area (Å²) in [5, 5.41) is 11.6. The van der Waals surface area contributed by atoms with Gasteiger partial charge in [-0.05, 0) is 24.1 Å². The average Bonchev–Trinajstić information content (AvgIpc) is 3.31. The van der Waals surface area contributed by atoms with Gasteiger partial charge in [0, 0.05) is 34.9 Å². The molecule has 1 aliphatic carbocycles. The van der Waals surface area contributed by atoms with E-state index in [4.69, 9.17) is 0 Å². The van der Waals surface area contributed by atoms with E-state index in [1.165, 1.54) is 25.1 Å². The molecule has 7 heteroatoms. The molecule has 0 saturated carbocycles. The highest BCUT2D eigenvalue weighted by Gasteiger charge is 2.71. The Hall–Kier alpha value is -4.39. The van der Waals surface area contributed by atoms with Gasteiger partial charge in [0.05, 0.1) is 17.0 Å². The van der Waals surface area contributed by atoms with E-state index in [1.807, 2.05) is 41.3 Å². The van der Waals surface area contributed by atoms with E-state index in [-0.39, 0.29) is 23.0 Å². The number of rotatable bonds is 3. The van der Waals surface area contributed by atoms with Gasteiger partial charge in [-0.1, -0.05) is 66.7 Å². The topological polar surface area (TPSA) is 97.6 Å². The second kappa shape index (κ2) is 7.30.